The van der Waals surface area contributed by atoms with Crippen LogP contribution in [-0.2, 0) is 6.42 Å². The van der Waals surface area contributed by atoms with Crippen LogP contribution >= 0.6 is 34.7 Å². The molecular formula is C51H44ClS2+. The van der Waals surface area contributed by atoms with Crippen LogP contribution in [0.2, 0.25) is 0 Å². The van der Waals surface area contributed by atoms with Crippen molar-refractivity contribution < 1.29 is 0 Å². The largest absolute Gasteiger partial charge is 0.239 e. The van der Waals surface area contributed by atoms with Gasteiger partial charge in [0, 0.05) is 37.6 Å². The Balaban J connectivity index is 1.15. The molecule has 0 nitrogen and oxygen atoms in total. The van der Waals surface area contributed by atoms with E-state index in [9.17, 15) is 0 Å². The van der Waals surface area contributed by atoms with Gasteiger partial charge in [-0.25, -0.2) is 0 Å². The van der Waals surface area contributed by atoms with Gasteiger partial charge in [0.05, 0.1) is 0 Å². The van der Waals surface area contributed by atoms with E-state index in [4.69, 9.17) is 11.6 Å². The maximum atomic E-state index is 7.58. The molecule has 2 heterocycles. The lowest BCUT2D eigenvalue weighted by Crippen LogP contribution is -2.10. The Labute approximate surface area is 334 Å². The van der Waals surface area contributed by atoms with Gasteiger partial charge in [-0.15, -0.1) is 0 Å². The lowest BCUT2D eigenvalue weighted by molar-refractivity contribution is 0.562. The van der Waals surface area contributed by atoms with E-state index in [0.29, 0.717) is 5.92 Å². The Kier molecular flexibility index (Phi) is 10.3. The molecule has 1 aromatic heterocycles. The molecule has 3 heteroatoms. The summed E-state index contributed by atoms with van der Waals surface area (Å²) in [5.41, 5.74) is 16.3. The van der Waals surface area contributed by atoms with Crippen molar-refractivity contribution in [3.8, 4) is 21.6 Å². The molecule has 3 aliphatic carbocycles. The van der Waals surface area contributed by atoms with Crippen LogP contribution in [0.25, 0.3) is 37.6 Å². The van der Waals surface area contributed by atoms with E-state index in [0.717, 1.165) is 56.4 Å². The minimum atomic E-state index is 0.524. The summed E-state index contributed by atoms with van der Waals surface area (Å²) >= 11 is 11.5. The summed E-state index contributed by atoms with van der Waals surface area (Å²) in [6.07, 6.45) is 16.1. The van der Waals surface area contributed by atoms with Gasteiger partial charge in [0.1, 0.15) is 0 Å². The lowest BCUT2D eigenvalue weighted by atomic mass is 9.82. The van der Waals surface area contributed by atoms with Crippen LogP contribution in [0.1, 0.15) is 73.4 Å². The summed E-state index contributed by atoms with van der Waals surface area (Å²) in [7, 11) is 0. The Bertz CT molecular complexity index is 2390. The van der Waals surface area contributed by atoms with Crippen LogP contribution in [0, 0.1) is 5.92 Å². The van der Waals surface area contributed by atoms with Crippen molar-refractivity contribution in [2.45, 2.75) is 58.3 Å². The summed E-state index contributed by atoms with van der Waals surface area (Å²) < 4.78 is 0. The first-order valence-electron chi connectivity index (χ1n) is 19.5. The Hall–Kier alpha value is -4.47. The molecule has 4 aliphatic rings. The second-order valence-electron chi connectivity index (χ2n) is 15.1. The summed E-state index contributed by atoms with van der Waals surface area (Å²) in [6, 6.07) is 46.1. The molecule has 9 rings (SSSR count). The molecule has 266 valence electrons. The molecular weight excluding hydrogens is 712 g/mol. The van der Waals surface area contributed by atoms with E-state index in [1.54, 1.807) is 0 Å². The van der Waals surface area contributed by atoms with Crippen LogP contribution in [0.15, 0.2) is 178 Å². The summed E-state index contributed by atoms with van der Waals surface area (Å²) in [5.74, 6) is 0.524. The molecule has 1 unspecified atom stereocenters. The van der Waals surface area contributed by atoms with Crippen molar-refractivity contribution in [1.82, 2.24) is 0 Å². The fourth-order valence-electron chi connectivity index (χ4n) is 8.63. The van der Waals surface area contributed by atoms with Crippen molar-refractivity contribution in [2.75, 3.05) is 0 Å². The molecule has 0 saturated heterocycles. The topological polar surface area (TPSA) is 0 Å². The van der Waals surface area contributed by atoms with E-state index < -0.39 is 0 Å². The van der Waals surface area contributed by atoms with Gasteiger partial charge in [0.2, 0.25) is 21.1 Å². The van der Waals surface area contributed by atoms with Gasteiger partial charge in [0.25, 0.3) is 0 Å². The average Bonchev–Trinajstić information content (AvgIpc) is 3.23. The van der Waals surface area contributed by atoms with E-state index in [1.165, 1.54) is 86.4 Å². The fourth-order valence-corrected chi connectivity index (χ4v) is 11.4. The van der Waals surface area contributed by atoms with Gasteiger partial charge >= 0.3 is 0 Å². The van der Waals surface area contributed by atoms with E-state index in [1.807, 2.05) is 23.1 Å². The molecule has 0 spiro atoms. The van der Waals surface area contributed by atoms with Crippen molar-refractivity contribution >= 4 is 50.8 Å². The molecule has 0 N–H and O–H groups in total. The number of hydrogen-bond acceptors (Lipinski definition) is 1. The molecule has 0 bridgehead atoms. The van der Waals surface area contributed by atoms with Gasteiger partial charge in [-0.2, -0.15) is 0 Å². The predicted molar refractivity (Wildman–Crippen MR) is 236 cm³/mol. The standard InChI is InChI=1S/C51H44ClS2/c1-34-28-41(30-39-24-14-26-43-45(35-16-6-2-7-17-35)32-47(53-50(39)43)37-20-10-4-11-21-37)49(52)42(29-34)31-40-25-15-27-44-46(36-18-8-3-9-19-36)33-48(54-51(40)44)38-22-12-5-13-23-38/h2-13,16-23,30-34H,14-15,24-29H2,1H3/q+1. The molecule has 5 aromatic rings. The van der Waals surface area contributed by atoms with Gasteiger partial charge < -0.3 is 0 Å². The van der Waals surface area contributed by atoms with E-state index in [2.05, 4.69) is 153 Å². The van der Waals surface area contributed by atoms with E-state index in [-0.39, 0.29) is 0 Å². The molecule has 0 radical (unpaired) electrons. The highest BCUT2D eigenvalue weighted by atomic mass is 35.5. The number of fused-ring (bicyclic) bond motifs is 2. The predicted octanol–water partition coefficient (Wildman–Crippen LogP) is 15.6. The Morgan fingerprint density at radius 3 is 1.94 bits per heavy atom. The third-order valence-corrected chi connectivity index (χ3v) is 14.2. The highest BCUT2D eigenvalue weighted by Crippen LogP contribution is 2.52. The van der Waals surface area contributed by atoms with Gasteiger partial charge in [-0.3, -0.25) is 0 Å². The van der Waals surface area contributed by atoms with Gasteiger partial charge in [-0.05, 0) is 132 Å². The number of benzene rings is 4. The molecule has 1 atom stereocenters. The molecule has 54 heavy (non-hydrogen) atoms. The zero-order chi connectivity index (χ0) is 36.4. The quantitative estimate of drug-likeness (QED) is 0.156. The van der Waals surface area contributed by atoms with Crippen LogP contribution in [-0.4, -0.2) is 0 Å². The number of rotatable bonds is 6. The van der Waals surface area contributed by atoms with Crippen molar-refractivity contribution in [2.24, 2.45) is 5.92 Å². The third-order valence-electron chi connectivity index (χ3n) is 11.2. The smallest absolute Gasteiger partial charge is 0.0888 e. The van der Waals surface area contributed by atoms with Crippen LogP contribution in [0.5, 0.6) is 0 Å². The Morgan fingerprint density at radius 1 is 0.630 bits per heavy atom. The van der Waals surface area contributed by atoms with Crippen molar-refractivity contribution in [3.63, 3.8) is 0 Å². The minimum absolute atomic E-state index is 0.524. The summed E-state index contributed by atoms with van der Waals surface area (Å²) in [5, 5.41) is 0.965. The first kappa shape index (κ1) is 35.2. The SMILES string of the molecule is CC1CC(/C=C2\CCCc3c(-c4ccccc4)cc(-c4ccccc4)[s+]c32)=C(Cl)C(=C/C2=C3SC(c4ccccc4)=CC(c4ccccc4)=C3CCC2)/C1. The monoisotopic (exact) mass is 755 g/mol. The number of hydrogen-bond donors (Lipinski definition) is 0. The number of halogens is 1. The normalized spacial score (nSPS) is 20.3. The minimum Gasteiger partial charge on any atom is -0.0888 e. The lowest BCUT2D eigenvalue weighted by Gasteiger charge is -2.30. The molecule has 1 aliphatic heterocycles. The van der Waals surface area contributed by atoms with Crippen molar-refractivity contribution in [1.29, 1.82) is 0 Å². The average molecular weight is 756 g/mol. The summed E-state index contributed by atoms with van der Waals surface area (Å²) in [4.78, 5) is 5.50. The summed E-state index contributed by atoms with van der Waals surface area (Å²) in [6.45, 7) is 2.40. The van der Waals surface area contributed by atoms with Crippen LogP contribution in [0.4, 0.5) is 0 Å². The van der Waals surface area contributed by atoms with Crippen LogP contribution in [0.3, 0.4) is 0 Å². The van der Waals surface area contributed by atoms with E-state index >= 15 is 0 Å². The maximum absolute atomic E-state index is 7.58. The zero-order valence-corrected chi connectivity index (χ0v) is 33.2. The molecule has 0 amide bonds. The fraction of sp³-hybridized carbons (Fsp3) is 0.196. The number of thioether (sulfide) groups is 1. The second-order valence-corrected chi connectivity index (χ2v) is 17.5. The second kappa shape index (κ2) is 15.7. The highest BCUT2D eigenvalue weighted by Gasteiger charge is 2.32. The first-order chi connectivity index (χ1) is 26.6. The van der Waals surface area contributed by atoms with Gasteiger partial charge in [-0.1, -0.05) is 146 Å². The number of allylic oxidation sites excluding steroid dienone is 10. The Morgan fingerprint density at radius 2 is 1.24 bits per heavy atom. The third kappa shape index (κ3) is 7.20. The highest BCUT2D eigenvalue weighted by molar-refractivity contribution is 8.12. The van der Waals surface area contributed by atoms with Crippen molar-refractivity contribution in [3.05, 3.63) is 199 Å². The molecule has 0 fully saturated rings. The molecule has 0 saturated carbocycles. The molecule has 4 aromatic carbocycles. The van der Waals surface area contributed by atoms with Crippen LogP contribution < -0.4 is 0 Å². The van der Waals surface area contributed by atoms with Gasteiger partial charge in [0.15, 0.2) is 0 Å². The maximum Gasteiger partial charge on any atom is 0.239 e. The zero-order valence-electron chi connectivity index (χ0n) is 30.8. The first-order valence-corrected chi connectivity index (χ1v) is 21.5.